The van der Waals surface area contributed by atoms with Crippen LogP contribution in [0.2, 0.25) is 0 Å². The quantitative estimate of drug-likeness (QED) is 0.805. The Hall–Kier alpha value is -1.66. The third kappa shape index (κ3) is 4.41. The third-order valence-corrected chi connectivity index (χ3v) is 3.69. The van der Waals surface area contributed by atoms with Gasteiger partial charge in [0.05, 0.1) is 12.2 Å². The van der Waals surface area contributed by atoms with Crippen molar-refractivity contribution >= 4 is 17.3 Å². The van der Waals surface area contributed by atoms with Gasteiger partial charge in [0.25, 0.3) is 0 Å². The molecule has 3 N–H and O–H groups in total. The van der Waals surface area contributed by atoms with E-state index >= 15 is 0 Å². The number of hydrogen-bond acceptors (Lipinski definition) is 4. The van der Waals surface area contributed by atoms with Crippen molar-refractivity contribution in [1.29, 1.82) is 0 Å². The molecule has 1 unspecified atom stereocenters. The van der Waals surface area contributed by atoms with Crippen LogP contribution in [0.15, 0.2) is 18.2 Å². The second-order valence-corrected chi connectivity index (χ2v) is 5.82. The molecule has 0 bridgehead atoms. The Bertz CT molecular complexity index is 506. The summed E-state index contributed by atoms with van der Waals surface area (Å²) in [5, 5.41) is 2.60. The molecule has 1 aromatic rings. The van der Waals surface area contributed by atoms with Crippen molar-refractivity contribution < 1.29 is 9.18 Å². The fourth-order valence-electron chi connectivity index (χ4n) is 2.74. The topological polar surface area (TPSA) is 61.6 Å². The number of nitrogens with zero attached hydrogens (tertiary/aromatic N) is 2. The summed E-state index contributed by atoms with van der Waals surface area (Å²) in [7, 11) is 4.05. The van der Waals surface area contributed by atoms with Crippen LogP contribution >= 0.6 is 0 Å². The molecule has 1 amide bonds. The van der Waals surface area contributed by atoms with Crippen molar-refractivity contribution in [2.75, 3.05) is 44.8 Å². The average Bonchev–Trinajstić information content (AvgIpc) is 2.80. The second kappa shape index (κ2) is 6.87. The number of nitrogens with two attached hydrogens (primary N) is 1. The number of amides is 1. The lowest BCUT2D eigenvalue weighted by Crippen LogP contribution is -2.41. The number of rotatable bonds is 5. The van der Waals surface area contributed by atoms with Gasteiger partial charge in [0, 0.05) is 18.3 Å². The number of benzene rings is 1. The van der Waals surface area contributed by atoms with E-state index in [9.17, 15) is 9.18 Å². The first-order valence-corrected chi connectivity index (χ1v) is 7.19. The molecule has 21 heavy (non-hydrogen) atoms. The fourth-order valence-corrected chi connectivity index (χ4v) is 2.74. The zero-order chi connectivity index (χ0) is 15.4. The largest absolute Gasteiger partial charge is 0.399 e. The van der Waals surface area contributed by atoms with Crippen LogP contribution in [0.3, 0.4) is 0 Å². The molecule has 0 saturated carbocycles. The van der Waals surface area contributed by atoms with Crippen molar-refractivity contribution in [3.8, 4) is 0 Å². The van der Waals surface area contributed by atoms with Gasteiger partial charge in [-0.25, -0.2) is 4.39 Å². The Kier molecular flexibility index (Phi) is 5.14. The average molecular weight is 294 g/mol. The number of nitrogens with one attached hydrogen (secondary N) is 1. The number of carbonyl (C=O) groups is 1. The lowest BCUT2D eigenvalue weighted by molar-refractivity contribution is -0.117. The zero-order valence-electron chi connectivity index (χ0n) is 12.6. The molecule has 0 aliphatic carbocycles. The van der Waals surface area contributed by atoms with E-state index in [4.69, 9.17) is 5.73 Å². The van der Waals surface area contributed by atoms with Gasteiger partial charge in [-0.3, -0.25) is 9.69 Å². The smallest absolute Gasteiger partial charge is 0.238 e. The summed E-state index contributed by atoms with van der Waals surface area (Å²) in [6.45, 7) is 2.12. The van der Waals surface area contributed by atoms with Crippen LogP contribution in [-0.2, 0) is 4.79 Å². The molecule has 0 radical (unpaired) electrons. The normalized spacial score (nSPS) is 19.1. The monoisotopic (exact) mass is 294 g/mol. The SMILES string of the molecule is CN(C)CC1CCCN1CC(=O)Nc1cc(N)ccc1F. The standard InChI is InChI=1S/C15H23FN4O/c1-19(2)9-12-4-3-7-20(12)10-15(21)18-14-8-11(17)5-6-13(14)16/h5-6,8,12H,3-4,7,9-10,17H2,1-2H3,(H,18,21). The molecule has 0 spiro atoms. The third-order valence-electron chi connectivity index (χ3n) is 3.69. The summed E-state index contributed by atoms with van der Waals surface area (Å²) in [5.74, 6) is -0.672. The minimum Gasteiger partial charge on any atom is -0.399 e. The van der Waals surface area contributed by atoms with E-state index in [-0.39, 0.29) is 18.1 Å². The van der Waals surface area contributed by atoms with Crippen LogP contribution < -0.4 is 11.1 Å². The summed E-state index contributed by atoms with van der Waals surface area (Å²) >= 11 is 0. The zero-order valence-corrected chi connectivity index (χ0v) is 12.6. The summed E-state index contributed by atoms with van der Waals surface area (Å²) in [6.07, 6.45) is 2.19. The van der Waals surface area contributed by atoms with Gasteiger partial charge in [0.2, 0.25) is 5.91 Å². The minimum absolute atomic E-state index is 0.142. The summed E-state index contributed by atoms with van der Waals surface area (Å²) < 4.78 is 13.6. The number of likely N-dealkylation sites (N-methyl/N-ethyl adjacent to an activating group) is 1. The van der Waals surface area contributed by atoms with Crippen LogP contribution in [0.25, 0.3) is 0 Å². The van der Waals surface area contributed by atoms with Gasteiger partial charge in [-0.05, 0) is 51.7 Å². The Labute approximate surface area is 124 Å². The summed E-state index contributed by atoms with van der Waals surface area (Å²) in [5.41, 5.74) is 6.18. The lowest BCUT2D eigenvalue weighted by atomic mass is 10.2. The molecule has 116 valence electrons. The van der Waals surface area contributed by atoms with Gasteiger partial charge in [0.1, 0.15) is 5.82 Å². The molecule has 1 aliphatic heterocycles. The molecular formula is C15H23FN4O. The van der Waals surface area contributed by atoms with E-state index in [1.807, 2.05) is 14.1 Å². The fraction of sp³-hybridized carbons (Fsp3) is 0.533. The van der Waals surface area contributed by atoms with Gasteiger partial charge < -0.3 is 16.0 Å². The Morgan fingerprint density at radius 1 is 1.52 bits per heavy atom. The maximum atomic E-state index is 13.6. The maximum absolute atomic E-state index is 13.6. The van der Waals surface area contributed by atoms with Crippen molar-refractivity contribution in [2.45, 2.75) is 18.9 Å². The van der Waals surface area contributed by atoms with Crippen molar-refractivity contribution in [3.05, 3.63) is 24.0 Å². The lowest BCUT2D eigenvalue weighted by Gasteiger charge is -2.26. The van der Waals surface area contributed by atoms with Crippen molar-refractivity contribution in [1.82, 2.24) is 9.80 Å². The van der Waals surface area contributed by atoms with Crippen LogP contribution in [0.1, 0.15) is 12.8 Å². The number of anilines is 2. The van der Waals surface area contributed by atoms with Gasteiger partial charge in [-0.15, -0.1) is 0 Å². The summed E-state index contributed by atoms with van der Waals surface area (Å²) in [6, 6.07) is 4.55. The molecule has 1 saturated heterocycles. The molecule has 2 rings (SSSR count). The van der Waals surface area contributed by atoms with E-state index < -0.39 is 5.82 Å². The highest BCUT2D eigenvalue weighted by molar-refractivity contribution is 5.92. The number of nitrogen functional groups attached to an aromatic ring is 1. The first-order valence-electron chi connectivity index (χ1n) is 7.19. The number of likely N-dealkylation sites (tertiary alicyclic amines) is 1. The molecule has 1 atom stereocenters. The summed E-state index contributed by atoms with van der Waals surface area (Å²) in [4.78, 5) is 16.4. The molecule has 1 aliphatic rings. The Morgan fingerprint density at radius 3 is 3.00 bits per heavy atom. The predicted octanol–water partition coefficient (Wildman–Crippen LogP) is 1.37. The maximum Gasteiger partial charge on any atom is 0.238 e. The molecule has 0 aromatic heterocycles. The van der Waals surface area contributed by atoms with Crippen LogP contribution in [0, 0.1) is 5.82 Å². The highest BCUT2D eigenvalue weighted by atomic mass is 19.1. The predicted molar refractivity (Wildman–Crippen MR) is 82.6 cm³/mol. The number of hydrogen-bond donors (Lipinski definition) is 2. The molecular weight excluding hydrogens is 271 g/mol. The first-order chi connectivity index (χ1) is 9.95. The van der Waals surface area contributed by atoms with E-state index in [0.29, 0.717) is 11.7 Å². The van der Waals surface area contributed by atoms with Gasteiger partial charge >= 0.3 is 0 Å². The highest BCUT2D eigenvalue weighted by Gasteiger charge is 2.26. The molecule has 1 heterocycles. The van der Waals surface area contributed by atoms with Crippen molar-refractivity contribution in [3.63, 3.8) is 0 Å². The van der Waals surface area contributed by atoms with E-state index in [1.165, 1.54) is 18.2 Å². The minimum atomic E-state index is -0.469. The molecule has 5 nitrogen and oxygen atoms in total. The van der Waals surface area contributed by atoms with Gasteiger partial charge in [-0.1, -0.05) is 0 Å². The highest BCUT2D eigenvalue weighted by Crippen LogP contribution is 2.19. The van der Waals surface area contributed by atoms with Gasteiger partial charge in [0.15, 0.2) is 0 Å². The number of halogens is 1. The van der Waals surface area contributed by atoms with Crippen molar-refractivity contribution in [2.24, 2.45) is 0 Å². The van der Waals surface area contributed by atoms with Gasteiger partial charge in [-0.2, -0.15) is 0 Å². The molecule has 6 heteroatoms. The Balaban J connectivity index is 1.93. The molecule has 1 fully saturated rings. The van der Waals surface area contributed by atoms with E-state index in [1.54, 1.807) is 0 Å². The first kappa shape index (κ1) is 15.7. The molecule has 1 aromatic carbocycles. The van der Waals surface area contributed by atoms with Crippen LogP contribution in [0.5, 0.6) is 0 Å². The second-order valence-electron chi connectivity index (χ2n) is 5.82. The van der Waals surface area contributed by atoms with E-state index in [0.717, 1.165) is 25.9 Å². The van der Waals surface area contributed by atoms with Crippen LogP contribution in [0.4, 0.5) is 15.8 Å². The van der Waals surface area contributed by atoms with Crippen LogP contribution in [-0.4, -0.2) is 55.5 Å². The Morgan fingerprint density at radius 2 is 2.29 bits per heavy atom. The number of carbonyl (C=O) groups excluding carboxylic acids is 1. The van der Waals surface area contributed by atoms with E-state index in [2.05, 4.69) is 15.1 Å².